The fraction of sp³-hybridized carbons (Fsp3) is 0.929. The van der Waals surface area contributed by atoms with E-state index in [1.807, 2.05) is 13.8 Å². The Morgan fingerprint density at radius 2 is 1.88 bits per heavy atom. The van der Waals surface area contributed by atoms with Crippen molar-refractivity contribution in [2.45, 2.75) is 64.8 Å². The average molecular weight is 241 g/mol. The van der Waals surface area contributed by atoms with E-state index in [4.69, 9.17) is 0 Å². The Kier molecular flexibility index (Phi) is 5.44. The third-order valence-corrected chi connectivity index (χ3v) is 4.28. The summed E-state index contributed by atoms with van der Waals surface area (Å²) >= 11 is 0. The third-order valence-electron chi connectivity index (χ3n) is 4.28. The van der Waals surface area contributed by atoms with Crippen molar-refractivity contribution in [1.29, 1.82) is 0 Å². The van der Waals surface area contributed by atoms with E-state index in [-0.39, 0.29) is 24.0 Å². The maximum atomic E-state index is 12.1. The van der Waals surface area contributed by atoms with Crippen LogP contribution < -0.4 is 5.32 Å². The van der Waals surface area contributed by atoms with Crippen LogP contribution in [0.15, 0.2) is 0 Å². The van der Waals surface area contributed by atoms with E-state index in [9.17, 15) is 9.90 Å². The highest BCUT2D eigenvalue weighted by Crippen LogP contribution is 2.32. The van der Waals surface area contributed by atoms with Gasteiger partial charge in [0, 0.05) is 5.92 Å². The zero-order valence-electron chi connectivity index (χ0n) is 11.5. The van der Waals surface area contributed by atoms with Gasteiger partial charge in [0.25, 0.3) is 0 Å². The molecule has 0 spiro atoms. The molecule has 3 heteroatoms. The number of hydrogen-bond donors (Lipinski definition) is 2. The second-order valence-corrected chi connectivity index (χ2v) is 5.62. The van der Waals surface area contributed by atoms with E-state index in [2.05, 4.69) is 12.2 Å². The van der Waals surface area contributed by atoms with Crippen molar-refractivity contribution in [3.8, 4) is 0 Å². The first-order valence-corrected chi connectivity index (χ1v) is 6.99. The molecule has 1 rings (SSSR count). The van der Waals surface area contributed by atoms with Crippen LogP contribution in [0.4, 0.5) is 0 Å². The van der Waals surface area contributed by atoms with Crippen molar-refractivity contribution >= 4 is 5.91 Å². The van der Waals surface area contributed by atoms with E-state index >= 15 is 0 Å². The number of aliphatic hydroxyl groups excluding tert-OH is 1. The van der Waals surface area contributed by atoms with Gasteiger partial charge in [0.1, 0.15) is 0 Å². The van der Waals surface area contributed by atoms with Gasteiger partial charge in [-0.25, -0.2) is 0 Å². The van der Waals surface area contributed by atoms with Crippen LogP contribution >= 0.6 is 0 Å². The molecular weight excluding hydrogens is 214 g/mol. The molecule has 0 aromatic heterocycles. The van der Waals surface area contributed by atoms with Crippen LogP contribution in [-0.4, -0.2) is 23.2 Å². The van der Waals surface area contributed by atoms with Gasteiger partial charge >= 0.3 is 0 Å². The van der Waals surface area contributed by atoms with Crippen LogP contribution in [0.3, 0.4) is 0 Å². The summed E-state index contributed by atoms with van der Waals surface area (Å²) in [5.41, 5.74) is -0.341. The molecule has 0 heterocycles. The first kappa shape index (κ1) is 14.5. The third kappa shape index (κ3) is 3.70. The predicted molar refractivity (Wildman–Crippen MR) is 69.7 cm³/mol. The minimum Gasteiger partial charge on any atom is -0.394 e. The number of amides is 1. The maximum absolute atomic E-state index is 12.1. The van der Waals surface area contributed by atoms with Gasteiger partial charge in [-0.3, -0.25) is 4.79 Å². The molecule has 0 unspecified atom stereocenters. The van der Waals surface area contributed by atoms with Crippen molar-refractivity contribution in [3.63, 3.8) is 0 Å². The average Bonchev–Trinajstić information content (AvgIpc) is 2.34. The van der Waals surface area contributed by atoms with E-state index in [1.165, 1.54) is 0 Å². The van der Waals surface area contributed by atoms with Gasteiger partial charge in [0.05, 0.1) is 12.1 Å². The predicted octanol–water partition coefficient (Wildman–Crippen LogP) is 2.48. The molecule has 3 nitrogen and oxygen atoms in total. The monoisotopic (exact) mass is 241 g/mol. The molecule has 17 heavy (non-hydrogen) atoms. The Bertz CT molecular complexity index is 241. The van der Waals surface area contributed by atoms with Gasteiger partial charge in [0.15, 0.2) is 0 Å². The SMILES string of the molecule is CCC(CC)C(=O)NC1(CO)CCC(C)CC1. The first-order chi connectivity index (χ1) is 8.06. The molecule has 1 aliphatic carbocycles. The summed E-state index contributed by atoms with van der Waals surface area (Å²) in [6.45, 7) is 6.40. The summed E-state index contributed by atoms with van der Waals surface area (Å²) in [4.78, 5) is 12.1. The molecule has 0 saturated heterocycles. The molecule has 0 radical (unpaired) electrons. The Labute approximate surface area is 105 Å². The van der Waals surface area contributed by atoms with Gasteiger partial charge in [-0.1, -0.05) is 20.8 Å². The zero-order valence-corrected chi connectivity index (χ0v) is 11.5. The lowest BCUT2D eigenvalue weighted by atomic mass is 9.77. The topological polar surface area (TPSA) is 49.3 Å². The van der Waals surface area contributed by atoms with E-state index in [1.54, 1.807) is 0 Å². The number of carbonyl (C=O) groups excluding carboxylic acids is 1. The second kappa shape index (κ2) is 6.39. The Hall–Kier alpha value is -0.570. The van der Waals surface area contributed by atoms with Crippen LogP contribution in [-0.2, 0) is 4.79 Å². The smallest absolute Gasteiger partial charge is 0.223 e. The highest BCUT2D eigenvalue weighted by molar-refractivity contribution is 5.79. The van der Waals surface area contributed by atoms with Gasteiger partial charge in [-0.2, -0.15) is 0 Å². The fourth-order valence-corrected chi connectivity index (χ4v) is 2.66. The largest absolute Gasteiger partial charge is 0.394 e. The van der Waals surface area contributed by atoms with E-state index in [0.717, 1.165) is 44.4 Å². The minimum absolute atomic E-state index is 0.0750. The van der Waals surface area contributed by atoms with Crippen LogP contribution in [0.25, 0.3) is 0 Å². The zero-order chi connectivity index (χ0) is 12.9. The summed E-state index contributed by atoms with van der Waals surface area (Å²) < 4.78 is 0. The van der Waals surface area contributed by atoms with E-state index in [0.29, 0.717) is 0 Å². The summed E-state index contributed by atoms with van der Waals surface area (Å²) in [7, 11) is 0. The van der Waals surface area contributed by atoms with Gasteiger partial charge < -0.3 is 10.4 Å². The van der Waals surface area contributed by atoms with Crippen LogP contribution in [0, 0.1) is 11.8 Å². The fourth-order valence-electron chi connectivity index (χ4n) is 2.66. The Balaban J connectivity index is 2.59. The first-order valence-electron chi connectivity index (χ1n) is 6.99. The normalized spacial score (nSPS) is 29.4. The lowest BCUT2D eigenvalue weighted by Gasteiger charge is -2.39. The van der Waals surface area contributed by atoms with Crippen LogP contribution in [0.1, 0.15) is 59.3 Å². The van der Waals surface area contributed by atoms with Crippen LogP contribution in [0.5, 0.6) is 0 Å². The summed E-state index contributed by atoms with van der Waals surface area (Å²) in [6.07, 6.45) is 5.78. The lowest BCUT2D eigenvalue weighted by Crippen LogP contribution is -2.54. The summed E-state index contributed by atoms with van der Waals surface area (Å²) in [6, 6.07) is 0. The summed E-state index contributed by atoms with van der Waals surface area (Å²) in [5.74, 6) is 0.941. The standard InChI is InChI=1S/C14H27NO2/c1-4-12(5-2)13(17)15-14(10-16)8-6-11(3)7-9-14/h11-12,16H,4-10H2,1-3H3,(H,15,17). The van der Waals surface area contributed by atoms with Gasteiger partial charge in [-0.05, 0) is 44.4 Å². The highest BCUT2D eigenvalue weighted by Gasteiger charge is 2.35. The number of aliphatic hydroxyl groups is 1. The quantitative estimate of drug-likeness (QED) is 0.777. The maximum Gasteiger partial charge on any atom is 0.223 e. The Morgan fingerprint density at radius 1 is 1.35 bits per heavy atom. The lowest BCUT2D eigenvalue weighted by molar-refractivity contribution is -0.128. The molecule has 1 fully saturated rings. The molecule has 1 amide bonds. The number of rotatable bonds is 5. The molecule has 100 valence electrons. The second-order valence-electron chi connectivity index (χ2n) is 5.62. The van der Waals surface area contributed by atoms with Crippen molar-refractivity contribution in [3.05, 3.63) is 0 Å². The molecule has 0 atom stereocenters. The van der Waals surface area contributed by atoms with Gasteiger partial charge in [-0.15, -0.1) is 0 Å². The van der Waals surface area contributed by atoms with E-state index < -0.39 is 0 Å². The van der Waals surface area contributed by atoms with Crippen molar-refractivity contribution in [1.82, 2.24) is 5.32 Å². The van der Waals surface area contributed by atoms with Crippen molar-refractivity contribution in [2.75, 3.05) is 6.61 Å². The van der Waals surface area contributed by atoms with Crippen LogP contribution in [0.2, 0.25) is 0 Å². The van der Waals surface area contributed by atoms with Crippen molar-refractivity contribution in [2.24, 2.45) is 11.8 Å². The van der Waals surface area contributed by atoms with Crippen molar-refractivity contribution < 1.29 is 9.90 Å². The minimum atomic E-state index is -0.341. The summed E-state index contributed by atoms with van der Waals surface area (Å²) in [5, 5.41) is 12.7. The number of carbonyl (C=O) groups is 1. The number of nitrogens with one attached hydrogen (secondary N) is 1. The number of hydrogen-bond acceptors (Lipinski definition) is 2. The molecule has 0 aromatic rings. The molecule has 0 aromatic carbocycles. The molecule has 0 aliphatic heterocycles. The molecule has 0 bridgehead atoms. The molecule has 1 aliphatic rings. The van der Waals surface area contributed by atoms with Gasteiger partial charge in [0.2, 0.25) is 5.91 Å². The molecule has 2 N–H and O–H groups in total. The molecular formula is C14H27NO2. The molecule has 1 saturated carbocycles. The highest BCUT2D eigenvalue weighted by atomic mass is 16.3. The Morgan fingerprint density at radius 3 is 2.29 bits per heavy atom.